The van der Waals surface area contributed by atoms with Crippen LogP contribution in [0.5, 0.6) is 0 Å². The minimum absolute atomic E-state index is 0.0856. The summed E-state index contributed by atoms with van der Waals surface area (Å²) in [4.78, 5) is 0. The first-order chi connectivity index (χ1) is 4.87. The largest absolute Gasteiger partial charge is 0.329 e. The van der Waals surface area contributed by atoms with E-state index in [1.165, 1.54) is 6.26 Å². The van der Waals surface area contributed by atoms with Gasteiger partial charge in [0, 0.05) is 18.3 Å². The molecule has 0 aromatic rings. The van der Waals surface area contributed by atoms with E-state index in [9.17, 15) is 8.42 Å². The lowest BCUT2D eigenvalue weighted by atomic mass is 10.2. The fourth-order valence-electron chi connectivity index (χ4n) is 1.24. The van der Waals surface area contributed by atoms with Gasteiger partial charge >= 0.3 is 0 Å². The SMILES string of the molecule is CS(=O)(=O)C[C@H]1C[C@]1(N)CN. The van der Waals surface area contributed by atoms with Gasteiger partial charge in [-0.2, -0.15) is 0 Å². The Labute approximate surface area is 66.9 Å². The minimum Gasteiger partial charge on any atom is -0.329 e. The highest BCUT2D eigenvalue weighted by Crippen LogP contribution is 2.40. The van der Waals surface area contributed by atoms with Gasteiger partial charge in [0.1, 0.15) is 9.84 Å². The zero-order valence-corrected chi connectivity index (χ0v) is 7.39. The lowest BCUT2D eigenvalue weighted by Crippen LogP contribution is -2.35. The molecule has 0 amide bonds. The summed E-state index contributed by atoms with van der Waals surface area (Å²) in [6.07, 6.45) is 1.97. The standard InChI is InChI=1S/C6H14N2O2S/c1-11(9,10)3-5-2-6(5,8)4-7/h5H,2-4,7-8H2,1H3/t5-,6+/m1/s1. The minimum atomic E-state index is -2.88. The second-order valence-corrected chi connectivity index (χ2v) is 5.62. The number of sulfone groups is 1. The zero-order valence-electron chi connectivity index (χ0n) is 6.58. The second kappa shape index (κ2) is 2.43. The van der Waals surface area contributed by atoms with Gasteiger partial charge in [-0.05, 0) is 12.3 Å². The molecule has 66 valence electrons. The Morgan fingerprint density at radius 1 is 1.64 bits per heavy atom. The smallest absolute Gasteiger partial charge is 0.147 e. The van der Waals surface area contributed by atoms with Gasteiger partial charge in [0.25, 0.3) is 0 Å². The predicted octanol–water partition coefficient (Wildman–Crippen LogP) is -1.29. The van der Waals surface area contributed by atoms with Gasteiger partial charge in [-0.1, -0.05) is 0 Å². The van der Waals surface area contributed by atoms with Crippen LogP contribution in [0.3, 0.4) is 0 Å². The monoisotopic (exact) mass is 178 g/mol. The second-order valence-electron chi connectivity index (χ2n) is 3.43. The van der Waals surface area contributed by atoms with E-state index in [0.29, 0.717) is 6.54 Å². The van der Waals surface area contributed by atoms with Crippen LogP contribution in [0, 0.1) is 5.92 Å². The summed E-state index contributed by atoms with van der Waals surface area (Å²) in [6, 6.07) is 0. The third-order valence-corrected chi connectivity index (χ3v) is 3.17. The third-order valence-electron chi connectivity index (χ3n) is 2.16. The van der Waals surface area contributed by atoms with Gasteiger partial charge in [-0.25, -0.2) is 8.42 Å². The maximum Gasteiger partial charge on any atom is 0.147 e. The Kier molecular flexibility index (Phi) is 1.98. The topological polar surface area (TPSA) is 86.2 Å². The molecular formula is C6H14N2O2S. The zero-order chi connectivity index (χ0) is 8.70. The van der Waals surface area contributed by atoms with E-state index in [-0.39, 0.29) is 17.2 Å². The summed E-state index contributed by atoms with van der Waals surface area (Å²) in [5, 5.41) is 0. The molecule has 4 N–H and O–H groups in total. The van der Waals surface area contributed by atoms with Crippen LogP contribution < -0.4 is 11.5 Å². The predicted molar refractivity (Wildman–Crippen MR) is 43.8 cm³/mol. The summed E-state index contributed by atoms with van der Waals surface area (Å²) in [6.45, 7) is 0.382. The summed E-state index contributed by atoms with van der Waals surface area (Å²) in [5.41, 5.74) is 10.7. The number of hydrogen-bond acceptors (Lipinski definition) is 4. The van der Waals surface area contributed by atoms with Gasteiger partial charge in [0.2, 0.25) is 0 Å². The van der Waals surface area contributed by atoms with Crippen LogP contribution in [-0.4, -0.2) is 32.5 Å². The quantitative estimate of drug-likeness (QED) is 0.563. The van der Waals surface area contributed by atoms with Crippen LogP contribution in [-0.2, 0) is 9.84 Å². The van der Waals surface area contributed by atoms with E-state index in [2.05, 4.69) is 0 Å². The maximum atomic E-state index is 10.8. The van der Waals surface area contributed by atoms with Crippen molar-refractivity contribution >= 4 is 9.84 Å². The van der Waals surface area contributed by atoms with Crippen molar-refractivity contribution in [1.82, 2.24) is 0 Å². The first kappa shape index (κ1) is 8.96. The molecular weight excluding hydrogens is 164 g/mol. The molecule has 1 aliphatic carbocycles. The Bertz CT molecular complexity index is 249. The Balaban J connectivity index is 2.47. The fraction of sp³-hybridized carbons (Fsp3) is 1.00. The molecule has 0 aromatic heterocycles. The molecule has 1 rings (SSSR count). The molecule has 1 saturated carbocycles. The van der Waals surface area contributed by atoms with Crippen LogP contribution in [0.4, 0.5) is 0 Å². The lowest BCUT2D eigenvalue weighted by Gasteiger charge is -2.05. The van der Waals surface area contributed by atoms with Gasteiger partial charge in [-0.3, -0.25) is 0 Å². The Morgan fingerprint density at radius 2 is 2.18 bits per heavy atom. The van der Waals surface area contributed by atoms with Crippen LogP contribution in [0.25, 0.3) is 0 Å². The summed E-state index contributed by atoms with van der Waals surface area (Å²) < 4.78 is 21.6. The molecule has 0 aliphatic heterocycles. The number of hydrogen-bond donors (Lipinski definition) is 2. The molecule has 0 bridgehead atoms. The van der Waals surface area contributed by atoms with Crippen molar-refractivity contribution in [3.63, 3.8) is 0 Å². The molecule has 4 nitrogen and oxygen atoms in total. The van der Waals surface area contributed by atoms with E-state index >= 15 is 0 Å². The molecule has 2 atom stereocenters. The molecule has 0 radical (unpaired) electrons. The molecule has 5 heteroatoms. The summed E-state index contributed by atoms with van der Waals surface area (Å²) in [5.74, 6) is 0.267. The highest BCUT2D eigenvalue weighted by Gasteiger charge is 2.50. The van der Waals surface area contributed by atoms with Crippen LogP contribution >= 0.6 is 0 Å². The van der Waals surface area contributed by atoms with E-state index in [4.69, 9.17) is 11.5 Å². The molecule has 11 heavy (non-hydrogen) atoms. The Morgan fingerprint density at radius 3 is 2.45 bits per heavy atom. The third kappa shape index (κ3) is 2.15. The normalized spacial score (nSPS) is 37.2. The van der Waals surface area contributed by atoms with Crippen LogP contribution in [0.1, 0.15) is 6.42 Å². The number of rotatable bonds is 3. The Hall–Kier alpha value is -0.130. The van der Waals surface area contributed by atoms with Crippen LogP contribution in [0.15, 0.2) is 0 Å². The number of nitrogens with two attached hydrogens (primary N) is 2. The van der Waals surface area contributed by atoms with Crippen LogP contribution in [0.2, 0.25) is 0 Å². The molecule has 1 aliphatic rings. The summed E-state index contributed by atoms with van der Waals surface area (Å²) >= 11 is 0. The lowest BCUT2D eigenvalue weighted by molar-refractivity contribution is 0.584. The van der Waals surface area contributed by atoms with Crippen molar-refractivity contribution in [2.45, 2.75) is 12.0 Å². The summed E-state index contributed by atoms with van der Waals surface area (Å²) in [7, 11) is -2.88. The molecule has 0 unspecified atom stereocenters. The fourth-order valence-corrected chi connectivity index (χ4v) is 2.42. The van der Waals surface area contributed by atoms with E-state index in [0.717, 1.165) is 6.42 Å². The molecule has 0 heterocycles. The first-order valence-electron chi connectivity index (χ1n) is 3.54. The average Bonchev–Trinajstić information content (AvgIpc) is 2.40. The van der Waals surface area contributed by atoms with Gasteiger partial charge in [0.05, 0.1) is 5.75 Å². The highest BCUT2D eigenvalue weighted by molar-refractivity contribution is 7.90. The highest BCUT2D eigenvalue weighted by atomic mass is 32.2. The van der Waals surface area contributed by atoms with Gasteiger partial charge < -0.3 is 11.5 Å². The van der Waals surface area contributed by atoms with Crippen molar-refractivity contribution in [3.05, 3.63) is 0 Å². The first-order valence-corrected chi connectivity index (χ1v) is 5.60. The van der Waals surface area contributed by atoms with Crippen molar-refractivity contribution in [3.8, 4) is 0 Å². The molecule has 0 spiro atoms. The van der Waals surface area contributed by atoms with E-state index < -0.39 is 9.84 Å². The van der Waals surface area contributed by atoms with Gasteiger partial charge in [0.15, 0.2) is 0 Å². The van der Waals surface area contributed by atoms with Crippen molar-refractivity contribution in [1.29, 1.82) is 0 Å². The van der Waals surface area contributed by atoms with Crippen molar-refractivity contribution in [2.24, 2.45) is 17.4 Å². The molecule has 0 saturated heterocycles. The van der Waals surface area contributed by atoms with Gasteiger partial charge in [-0.15, -0.1) is 0 Å². The molecule has 1 fully saturated rings. The molecule has 0 aromatic carbocycles. The van der Waals surface area contributed by atoms with E-state index in [1.807, 2.05) is 0 Å². The van der Waals surface area contributed by atoms with Crippen molar-refractivity contribution < 1.29 is 8.42 Å². The van der Waals surface area contributed by atoms with E-state index in [1.54, 1.807) is 0 Å². The average molecular weight is 178 g/mol. The van der Waals surface area contributed by atoms with Crippen molar-refractivity contribution in [2.75, 3.05) is 18.6 Å². The maximum absolute atomic E-state index is 10.8.